The number of carbonyl (C=O) groups excluding carboxylic acids is 1. The first-order valence-electron chi connectivity index (χ1n) is 8.36. The maximum atomic E-state index is 12.8. The van der Waals surface area contributed by atoms with Gasteiger partial charge in [0.2, 0.25) is 0 Å². The van der Waals surface area contributed by atoms with Gasteiger partial charge in [0.1, 0.15) is 0 Å². The lowest BCUT2D eigenvalue weighted by atomic mass is 9.86. The molecule has 0 aliphatic carbocycles. The van der Waals surface area contributed by atoms with Gasteiger partial charge in [0, 0.05) is 30.7 Å². The Bertz CT molecular complexity index is 551. The number of benzene rings is 1. The second-order valence-corrected chi connectivity index (χ2v) is 6.76. The first kappa shape index (κ1) is 15.3. The molecule has 0 N–H and O–H groups in total. The number of aryl methyl sites for hydroxylation is 1. The van der Waals surface area contributed by atoms with Gasteiger partial charge in [0.15, 0.2) is 0 Å². The van der Waals surface area contributed by atoms with E-state index in [1.54, 1.807) is 0 Å². The molecule has 0 aromatic heterocycles. The fourth-order valence-electron chi connectivity index (χ4n) is 4.06. The first-order chi connectivity index (χ1) is 10.6. The van der Waals surface area contributed by atoms with Gasteiger partial charge in [0.25, 0.3) is 5.91 Å². The summed E-state index contributed by atoms with van der Waals surface area (Å²) in [6.07, 6.45) is 6.75. The number of nitrogens with zero attached hydrogens (tertiary/aromatic N) is 2. The topological polar surface area (TPSA) is 23.6 Å². The van der Waals surface area contributed by atoms with Gasteiger partial charge in [-0.2, -0.15) is 0 Å². The summed E-state index contributed by atoms with van der Waals surface area (Å²) < 4.78 is 0. The molecule has 2 aliphatic rings. The Labute approximate surface area is 133 Å². The minimum absolute atomic E-state index is 0.185. The molecule has 1 spiro atoms. The van der Waals surface area contributed by atoms with E-state index in [9.17, 15) is 4.79 Å². The normalized spacial score (nSPS) is 25.6. The van der Waals surface area contributed by atoms with E-state index < -0.39 is 0 Å². The molecule has 2 saturated heterocycles. The molecule has 1 aromatic rings. The molecule has 0 bridgehead atoms. The van der Waals surface area contributed by atoms with Gasteiger partial charge in [-0.3, -0.25) is 9.69 Å². The molecule has 0 unspecified atom stereocenters. The van der Waals surface area contributed by atoms with E-state index >= 15 is 0 Å². The fourth-order valence-corrected chi connectivity index (χ4v) is 4.06. The van der Waals surface area contributed by atoms with Gasteiger partial charge in [-0.1, -0.05) is 23.8 Å². The second-order valence-electron chi connectivity index (χ2n) is 6.76. The SMILES string of the molecule is C=CCN1CCC[C@]12CCCN(C(=O)c1ccc(C)cc1)C2. The summed E-state index contributed by atoms with van der Waals surface area (Å²) in [5.41, 5.74) is 2.20. The highest BCUT2D eigenvalue weighted by Gasteiger charge is 2.44. The van der Waals surface area contributed by atoms with Gasteiger partial charge < -0.3 is 4.90 Å². The highest BCUT2D eigenvalue weighted by Crippen LogP contribution is 2.37. The quantitative estimate of drug-likeness (QED) is 0.800. The molecule has 0 radical (unpaired) electrons. The molecule has 1 amide bonds. The van der Waals surface area contributed by atoms with Crippen molar-refractivity contribution in [2.45, 2.75) is 38.1 Å². The number of carbonyl (C=O) groups is 1. The van der Waals surface area contributed by atoms with Crippen LogP contribution < -0.4 is 0 Å². The van der Waals surface area contributed by atoms with Crippen LogP contribution in [0.25, 0.3) is 0 Å². The van der Waals surface area contributed by atoms with Gasteiger partial charge in [-0.05, 0) is 51.3 Å². The smallest absolute Gasteiger partial charge is 0.253 e. The standard InChI is InChI=1S/C19H26N2O/c1-3-12-21-14-5-11-19(21)10-4-13-20(15-19)18(22)17-8-6-16(2)7-9-17/h3,6-9H,1,4-5,10-15H2,2H3/t19-/m0/s1. The van der Waals surface area contributed by atoms with E-state index in [4.69, 9.17) is 0 Å². The Morgan fingerprint density at radius 3 is 2.59 bits per heavy atom. The number of likely N-dealkylation sites (tertiary alicyclic amines) is 2. The lowest BCUT2D eigenvalue weighted by Crippen LogP contribution is -2.56. The molecule has 2 fully saturated rings. The van der Waals surface area contributed by atoms with Crippen molar-refractivity contribution in [1.82, 2.24) is 9.80 Å². The predicted molar refractivity (Wildman–Crippen MR) is 90.1 cm³/mol. The molecule has 22 heavy (non-hydrogen) atoms. The van der Waals surface area contributed by atoms with Crippen LogP contribution in [0.3, 0.4) is 0 Å². The summed E-state index contributed by atoms with van der Waals surface area (Å²) in [4.78, 5) is 17.4. The second kappa shape index (κ2) is 6.25. The molecule has 118 valence electrons. The Balaban J connectivity index is 1.76. The molecule has 3 nitrogen and oxygen atoms in total. The monoisotopic (exact) mass is 298 g/mol. The van der Waals surface area contributed by atoms with Crippen molar-refractivity contribution >= 4 is 5.91 Å². The van der Waals surface area contributed by atoms with Gasteiger partial charge in [-0.15, -0.1) is 6.58 Å². The van der Waals surface area contributed by atoms with E-state index in [-0.39, 0.29) is 11.4 Å². The highest BCUT2D eigenvalue weighted by molar-refractivity contribution is 5.94. The Kier molecular flexibility index (Phi) is 4.34. The minimum Gasteiger partial charge on any atom is -0.337 e. The van der Waals surface area contributed by atoms with Gasteiger partial charge >= 0.3 is 0 Å². The van der Waals surface area contributed by atoms with Crippen molar-refractivity contribution in [1.29, 1.82) is 0 Å². The number of amides is 1. The third kappa shape index (κ3) is 2.82. The highest BCUT2D eigenvalue weighted by atomic mass is 16.2. The molecular weight excluding hydrogens is 272 g/mol. The van der Waals surface area contributed by atoms with Crippen LogP contribution in [0.2, 0.25) is 0 Å². The van der Waals surface area contributed by atoms with E-state index in [0.717, 1.165) is 38.2 Å². The number of piperidine rings is 1. The van der Waals surface area contributed by atoms with Crippen molar-refractivity contribution in [2.75, 3.05) is 26.2 Å². The molecule has 2 aliphatic heterocycles. The lowest BCUT2D eigenvalue weighted by molar-refractivity contribution is 0.0367. The summed E-state index contributed by atoms with van der Waals surface area (Å²) in [5, 5.41) is 0. The summed E-state index contributed by atoms with van der Waals surface area (Å²) in [6, 6.07) is 7.95. The van der Waals surface area contributed by atoms with Gasteiger partial charge in [0.05, 0.1) is 0 Å². The van der Waals surface area contributed by atoms with Crippen LogP contribution in [0.1, 0.15) is 41.6 Å². The maximum Gasteiger partial charge on any atom is 0.253 e. The van der Waals surface area contributed by atoms with E-state index in [1.807, 2.05) is 30.3 Å². The molecular formula is C19H26N2O. The fraction of sp³-hybridized carbons (Fsp3) is 0.526. The molecule has 3 rings (SSSR count). The summed E-state index contributed by atoms with van der Waals surface area (Å²) >= 11 is 0. The summed E-state index contributed by atoms with van der Waals surface area (Å²) in [6.45, 7) is 9.77. The molecule has 1 atom stereocenters. The van der Waals surface area contributed by atoms with Crippen molar-refractivity contribution < 1.29 is 4.79 Å². The zero-order valence-corrected chi connectivity index (χ0v) is 13.6. The Morgan fingerprint density at radius 2 is 1.91 bits per heavy atom. The van der Waals surface area contributed by atoms with Crippen molar-refractivity contribution in [3.8, 4) is 0 Å². The van der Waals surface area contributed by atoms with Crippen LogP contribution >= 0.6 is 0 Å². The lowest BCUT2D eigenvalue weighted by Gasteiger charge is -2.45. The third-order valence-electron chi connectivity index (χ3n) is 5.23. The molecule has 3 heteroatoms. The van der Waals surface area contributed by atoms with Crippen molar-refractivity contribution in [3.63, 3.8) is 0 Å². The van der Waals surface area contributed by atoms with Crippen LogP contribution in [0.15, 0.2) is 36.9 Å². The Hall–Kier alpha value is -1.61. The van der Waals surface area contributed by atoms with Crippen LogP contribution in [0, 0.1) is 6.92 Å². The third-order valence-corrected chi connectivity index (χ3v) is 5.23. The average Bonchev–Trinajstić information content (AvgIpc) is 2.90. The number of hydrogen-bond acceptors (Lipinski definition) is 2. The van der Waals surface area contributed by atoms with E-state index in [1.165, 1.54) is 24.8 Å². The zero-order valence-electron chi connectivity index (χ0n) is 13.6. The van der Waals surface area contributed by atoms with Crippen molar-refractivity contribution in [2.24, 2.45) is 0 Å². The Morgan fingerprint density at radius 1 is 1.23 bits per heavy atom. The largest absolute Gasteiger partial charge is 0.337 e. The van der Waals surface area contributed by atoms with Gasteiger partial charge in [-0.25, -0.2) is 0 Å². The number of rotatable bonds is 3. The first-order valence-corrected chi connectivity index (χ1v) is 8.36. The molecule has 2 heterocycles. The summed E-state index contributed by atoms with van der Waals surface area (Å²) in [7, 11) is 0. The predicted octanol–water partition coefficient (Wildman–Crippen LogP) is 3.25. The zero-order chi connectivity index (χ0) is 15.6. The minimum atomic E-state index is 0.185. The van der Waals surface area contributed by atoms with Crippen LogP contribution in [0.4, 0.5) is 0 Å². The van der Waals surface area contributed by atoms with E-state index in [0.29, 0.717) is 0 Å². The van der Waals surface area contributed by atoms with Crippen LogP contribution in [-0.2, 0) is 0 Å². The maximum absolute atomic E-state index is 12.8. The molecule has 0 saturated carbocycles. The van der Waals surface area contributed by atoms with Crippen molar-refractivity contribution in [3.05, 3.63) is 48.0 Å². The van der Waals surface area contributed by atoms with Crippen LogP contribution in [0.5, 0.6) is 0 Å². The summed E-state index contributed by atoms with van der Waals surface area (Å²) in [5.74, 6) is 0.185. The number of hydrogen-bond donors (Lipinski definition) is 0. The average molecular weight is 298 g/mol. The molecule has 1 aromatic carbocycles. The van der Waals surface area contributed by atoms with E-state index in [2.05, 4.69) is 23.3 Å². The van der Waals surface area contributed by atoms with Crippen LogP contribution in [-0.4, -0.2) is 47.4 Å².